The van der Waals surface area contributed by atoms with E-state index in [9.17, 15) is 10.2 Å². The standard InChI is InChI=1S/C26H28O3S2/c27-23(18-25-30-16-17-31-25)24(28)19-29-26(20-10-4-1-5-11-20,21-12-6-2-7-13-21)22-14-8-3-9-15-22/h1-15,23-25,27-28H,16-19H2/t23-,24+/m0/s1. The van der Waals surface area contributed by atoms with E-state index in [1.54, 1.807) is 0 Å². The molecule has 1 aliphatic rings. The third-order valence-electron chi connectivity index (χ3n) is 5.58. The quantitative estimate of drug-likeness (QED) is 0.452. The molecule has 3 nitrogen and oxygen atoms in total. The molecule has 0 unspecified atom stereocenters. The van der Waals surface area contributed by atoms with Gasteiger partial charge < -0.3 is 14.9 Å². The van der Waals surface area contributed by atoms with Crippen LogP contribution in [0.2, 0.25) is 0 Å². The van der Waals surface area contributed by atoms with E-state index in [2.05, 4.69) is 36.4 Å². The lowest BCUT2D eigenvalue weighted by molar-refractivity contribution is -0.0788. The summed E-state index contributed by atoms with van der Waals surface area (Å²) >= 11 is 3.71. The molecule has 3 aromatic carbocycles. The molecule has 0 aliphatic carbocycles. The summed E-state index contributed by atoms with van der Waals surface area (Å²) in [5.74, 6) is 2.21. The maximum Gasteiger partial charge on any atom is 0.143 e. The van der Waals surface area contributed by atoms with Crippen molar-refractivity contribution in [3.63, 3.8) is 0 Å². The molecule has 0 saturated carbocycles. The highest BCUT2D eigenvalue weighted by Gasteiger charge is 2.38. The Hall–Kier alpha value is -1.76. The fraction of sp³-hybridized carbons (Fsp3) is 0.308. The van der Waals surface area contributed by atoms with Gasteiger partial charge in [-0.1, -0.05) is 91.0 Å². The Morgan fingerprint density at radius 3 is 1.55 bits per heavy atom. The number of thioether (sulfide) groups is 2. The van der Waals surface area contributed by atoms with Crippen LogP contribution in [0.3, 0.4) is 0 Å². The number of hydrogen-bond donors (Lipinski definition) is 2. The summed E-state index contributed by atoms with van der Waals surface area (Å²) < 4.78 is 6.95. The molecule has 4 rings (SSSR count). The molecule has 2 N–H and O–H groups in total. The Morgan fingerprint density at radius 1 is 0.710 bits per heavy atom. The van der Waals surface area contributed by atoms with Gasteiger partial charge in [0.2, 0.25) is 0 Å². The molecule has 0 radical (unpaired) electrons. The van der Waals surface area contributed by atoms with Crippen molar-refractivity contribution in [3.8, 4) is 0 Å². The maximum absolute atomic E-state index is 10.8. The van der Waals surface area contributed by atoms with Crippen LogP contribution >= 0.6 is 23.5 Å². The summed E-state index contributed by atoms with van der Waals surface area (Å²) in [5.41, 5.74) is 2.06. The Labute approximate surface area is 192 Å². The van der Waals surface area contributed by atoms with Gasteiger partial charge in [0.15, 0.2) is 0 Å². The van der Waals surface area contributed by atoms with Crippen molar-refractivity contribution in [1.29, 1.82) is 0 Å². The van der Waals surface area contributed by atoms with Crippen molar-refractivity contribution < 1.29 is 14.9 Å². The van der Waals surface area contributed by atoms with Crippen molar-refractivity contribution in [1.82, 2.24) is 0 Å². The second kappa shape index (κ2) is 10.7. The number of ether oxygens (including phenoxy) is 1. The Bertz CT molecular complexity index is 818. The molecule has 0 amide bonds. The Balaban J connectivity index is 1.67. The minimum Gasteiger partial charge on any atom is -0.390 e. The molecule has 1 saturated heterocycles. The second-order valence-corrected chi connectivity index (χ2v) is 10.6. The lowest BCUT2D eigenvalue weighted by Gasteiger charge is -2.37. The number of rotatable bonds is 9. The summed E-state index contributed by atoms with van der Waals surface area (Å²) in [4.78, 5) is 0. The molecular formula is C26H28O3S2. The van der Waals surface area contributed by atoms with Crippen LogP contribution in [-0.4, -0.2) is 45.1 Å². The van der Waals surface area contributed by atoms with Crippen molar-refractivity contribution in [2.45, 2.75) is 28.8 Å². The van der Waals surface area contributed by atoms with Gasteiger partial charge in [-0.05, 0) is 23.1 Å². The molecule has 1 fully saturated rings. The minimum atomic E-state index is -0.961. The van der Waals surface area contributed by atoms with E-state index in [0.717, 1.165) is 28.2 Å². The van der Waals surface area contributed by atoms with Gasteiger partial charge in [0, 0.05) is 11.5 Å². The van der Waals surface area contributed by atoms with Gasteiger partial charge in [0.05, 0.1) is 17.3 Å². The van der Waals surface area contributed by atoms with Gasteiger partial charge in [0.1, 0.15) is 11.7 Å². The maximum atomic E-state index is 10.8. The van der Waals surface area contributed by atoms with Gasteiger partial charge in [-0.2, -0.15) is 0 Å². The first-order chi connectivity index (χ1) is 15.2. The van der Waals surface area contributed by atoms with E-state index < -0.39 is 17.8 Å². The van der Waals surface area contributed by atoms with E-state index in [-0.39, 0.29) is 6.61 Å². The first kappa shape index (κ1) is 22.4. The van der Waals surface area contributed by atoms with Crippen LogP contribution in [0.4, 0.5) is 0 Å². The van der Waals surface area contributed by atoms with Crippen LogP contribution in [0, 0.1) is 0 Å². The first-order valence-corrected chi connectivity index (χ1v) is 12.7. The van der Waals surface area contributed by atoms with Gasteiger partial charge in [-0.25, -0.2) is 0 Å². The highest BCUT2D eigenvalue weighted by molar-refractivity contribution is 8.20. The Morgan fingerprint density at radius 2 is 1.13 bits per heavy atom. The smallest absolute Gasteiger partial charge is 0.143 e. The van der Waals surface area contributed by atoms with Crippen LogP contribution in [-0.2, 0) is 10.3 Å². The summed E-state index contributed by atoms with van der Waals surface area (Å²) in [5, 5.41) is 21.4. The average molecular weight is 453 g/mol. The minimum absolute atomic E-state index is 0.0297. The Kier molecular flexibility index (Phi) is 7.75. The normalized spacial score (nSPS) is 16.8. The molecule has 1 aliphatic heterocycles. The second-order valence-electron chi connectivity index (χ2n) is 7.63. The molecule has 0 spiro atoms. The number of aliphatic hydroxyl groups excluding tert-OH is 2. The number of hydrogen-bond acceptors (Lipinski definition) is 5. The molecule has 1 heterocycles. The van der Waals surface area contributed by atoms with E-state index >= 15 is 0 Å². The van der Waals surface area contributed by atoms with E-state index in [0.29, 0.717) is 11.0 Å². The number of aliphatic hydroxyl groups is 2. The predicted molar refractivity (Wildman–Crippen MR) is 130 cm³/mol. The summed E-state index contributed by atoms with van der Waals surface area (Å²) in [6.45, 7) is 0.0297. The summed E-state index contributed by atoms with van der Waals surface area (Å²) in [6, 6.07) is 30.3. The van der Waals surface area contributed by atoms with Gasteiger partial charge >= 0.3 is 0 Å². The van der Waals surface area contributed by atoms with E-state index in [1.165, 1.54) is 0 Å². The summed E-state index contributed by atoms with van der Waals surface area (Å²) in [7, 11) is 0. The number of benzene rings is 3. The predicted octanol–water partition coefficient (Wildman–Crippen LogP) is 4.91. The first-order valence-electron chi connectivity index (χ1n) is 10.6. The molecule has 0 aromatic heterocycles. The highest BCUT2D eigenvalue weighted by Crippen LogP contribution is 2.41. The molecular weight excluding hydrogens is 424 g/mol. The molecule has 5 heteroatoms. The zero-order chi connectivity index (χ0) is 21.5. The molecule has 31 heavy (non-hydrogen) atoms. The third-order valence-corrected chi connectivity index (χ3v) is 8.66. The van der Waals surface area contributed by atoms with Crippen molar-refractivity contribution in [2.75, 3.05) is 18.1 Å². The fourth-order valence-electron chi connectivity index (χ4n) is 3.99. The zero-order valence-corrected chi connectivity index (χ0v) is 19.0. The van der Waals surface area contributed by atoms with Crippen LogP contribution in [0.1, 0.15) is 23.1 Å². The SMILES string of the molecule is O[C@H](COC(c1ccccc1)(c1ccccc1)c1ccccc1)[C@@H](O)CC1SCCS1. The average Bonchev–Trinajstić information content (AvgIpc) is 3.34. The van der Waals surface area contributed by atoms with Gasteiger partial charge in [-0.15, -0.1) is 23.5 Å². The van der Waals surface area contributed by atoms with Gasteiger partial charge in [-0.3, -0.25) is 0 Å². The van der Waals surface area contributed by atoms with Crippen molar-refractivity contribution in [2.24, 2.45) is 0 Å². The zero-order valence-electron chi connectivity index (χ0n) is 17.3. The van der Waals surface area contributed by atoms with Crippen molar-refractivity contribution >= 4 is 23.5 Å². The molecule has 2 atom stereocenters. The van der Waals surface area contributed by atoms with Crippen molar-refractivity contribution in [3.05, 3.63) is 108 Å². The van der Waals surface area contributed by atoms with Crippen LogP contribution in [0.25, 0.3) is 0 Å². The van der Waals surface area contributed by atoms with E-state index in [1.807, 2.05) is 78.1 Å². The van der Waals surface area contributed by atoms with Gasteiger partial charge in [0.25, 0.3) is 0 Å². The molecule has 162 valence electrons. The topological polar surface area (TPSA) is 49.7 Å². The lowest BCUT2D eigenvalue weighted by Crippen LogP contribution is -2.39. The largest absolute Gasteiger partial charge is 0.390 e. The molecule has 0 bridgehead atoms. The lowest BCUT2D eigenvalue weighted by atomic mass is 9.80. The van der Waals surface area contributed by atoms with Crippen LogP contribution in [0.15, 0.2) is 91.0 Å². The van der Waals surface area contributed by atoms with Crippen LogP contribution < -0.4 is 0 Å². The third kappa shape index (κ3) is 5.18. The molecule has 3 aromatic rings. The fourth-order valence-corrected chi connectivity index (χ4v) is 6.91. The van der Waals surface area contributed by atoms with E-state index in [4.69, 9.17) is 4.74 Å². The highest BCUT2D eigenvalue weighted by atomic mass is 32.2. The summed E-state index contributed by atoms with van der Waals surface area (Å²) in [6.07, 6.45) is -1.21. The monoisotopic (exact) mass is 452 g/mol. The van der Waals surface area contributed by atoms with Crippen LogP contribution in [0.5, 0.6) is 0 Å².